The molecule has 0 aliphatic heterocycles. The maximum atomic E-state index is 9.00. The van der Waals surface area contributed by atoms with Gasteiger partial charge >= 0.3 is 0 Å². The summed E-state index contributed by atoms with van der Waals surface area (Å²) in [7, 11) is 0.151. The first-order chi connectivity index (χ1) is 9.16. The van der Waals surface area contributed by atoms with Crippen molar-refractivity contribution in [3.05, 3.63) is 0 Å². The lowest BCUT2D eigenvalue weighted by Crippen LogP contribution is -2.26. The Labute approximate surface area is 132 Å². The predicted octanol–water partition coefficient (Wildman–Crippen LogP) is 5.05. The Kier molecular flexibility index (Phi) is 14.4. The van der Waals surface area contributed by atoms with Crippen LogP contribution >= 0.6 is 7.92 Å². The summed E-state index contributed by atoms with van der Waals surface area (Å²) >= 11 is 0. The molecule has 0 bridgehead atoms. The van der Waals surface area contributed by atoms with Gasteiger partial charge in [0.2, 0.25) is 0 Å². The van der Waals surface area contributed by atoms with Gasteiger partial charge in [-0.3, -0.25) is 9.59 Å². The Morgan fingerprint density at radius 2 is 1.10 bits per heavy atom. The number of aliphatic carboxylic acids is 2. The zero-order valence-electron chi connectivity index (χ0n) is 15.3. The first-order valence-corrected chi connectivity index (χ1v) is 8.85. The fourth-order valence-corrected chi connectivity index (χ4v) is 5.98. The Morgan fingerprint density at radius 3 is 1.24 bits per heavy atom. The molecule has 0 aromatic carbocycles. The standard InChI is InChI=1S/C12H27P.2C2H4O2/c1-8-9-10-13(11(2,3)4)12(5,6)7;2*1-2(3)4/h8-10H2,1-7H3;2*1H3,(H,3,4). The van der Waals surface area contributed by atoms with E-state index in [1.165, 1.54) is 19.0 Å². The summed E-state index contributed by atoms with van der Waals surface area (Å²) in [5.74, 6) is -1.67. The van der Waals surface area contributed by atoms with Gasteiger partial charge in [-0.05, 0) is 22.9 Å². The van der Waals surface area contributed by atoms with E-state index >= 15 is 0 Å². The molecule has 0 fully saturated rings. The van der Waals surface area contributed by atoms with Crippen LogP contribution in [-0.2, 0) is 9.59 Å². The van der Waals surface area contributed by atoms with E-state index in [0.717, 1.165) is 13.8 Å². The second-order valence-electron chi connectivity index (χ2n) is 6.88. The van der Waals surface area contributed by atoms with Gasteiger partial charge in [-0.1, -0.05) is 62.8 Å². The van der Waals surface area contributed by atoms with Crippen molar-refractivity contribution < 1.29 is 19.8 Å². The first-order valence-electron chi connectivity index (χ1n) is 7.33. The Morgan fingerprint density at radius 1 is 0.857 bits per heavy atom. The molecule has 0 unspecified atom stereocenters. The Bertz CT molecular complexity index is 254. The van der Waals surface area contributed by atoms with Gasteiger partial charge < -0.3 is 10.2 Å². The lowest BCUT2D eigenvalue weighted by atomic mass is 10.2. The Balaban J connectivity index is -0.000000334. The molecular formula is C16H35O4P. The van der Waals surface area contributed by atoms with Crippen molar-refractivity contribution in [3.8, 4) is 0 Å². The Hall–Kier alpha value is -0.630. The average Bonchev–Trinajstić information content (AvgIpc) is 2.11. The number of unbranched alkanes of at least 4 members (excludes halogenated alkanes) is 1. The quantitative estimate of drug-likeness (QED) is 0.713. The van der Waals surface area contributed by atoms with Crippen molar-refractivity contribution in [2.45, 2.75) is 85.5 Å². The number of carboxylic acids is 2. The molecule has 0 aromatic heterocycles. The van der Waals surface area contributed by atoms with E-state index in [9.17, 15) is 0 Å². The third-order valence-electron chi connectivity index (χ3n) is 2.35. The lowest BCUT2D eigenvalue weighted by molar-refractivity contribution is -0.135. The molecule has 0 rings (SSSR count). The smallest absolute Gasteiger partial charge is 0.300 e. The van der Waals surface area contributed by atoms with Crippen molar-refractivity contribution in [1.29, 1.82) is 0 Å². The molecule has 0 saturated carbocycles. The van der Waals surface area contributed by atoms with Gasteiger partial charge in [-0.2, -0.15) is 0 Å². The molecule has 2 N–H and O–H groups in total. The molecular weight excluding hydrogens is 287 g/mol. The molecule has 0 radical (unpaired) electrons. The van der Waals surface area contributed by atoms with Crippen molar-refractivity contribution >= 4 is 19.9 Å². The zero-order valence-corrected chi connectivity index (χ0v) is 16.2. The highest BCUT2D eigenvalue weighted by Crippen LogP contribution is 2.59. The van der Waals surface area contributed by atoms with Crippen LogP contribution in [0.5, 0.6) is 0 Å². The molecule has 4 nitrogen and oxygen atoms in total. The molecule has 0 aromatic rings. The normalized spacial score (nSPS) is 11.0. The molecule has 0 aliphatic carbocycles. The number of hydrogen-bond acceptors (Lipinski definition) is 2. The summed E-state index contributed by atoms with van der Waals surface area (Å²) in [6, 6.07) is 0. The fraction of sp³-hybridized carbons (Fsp3) is 0.875. The highest BCUT2D eigenvalue weighted by atomic mass is 31.1. The highest BCUT2D eigenvalue weighted by Gasteiger charge is 2.33. The molecule has 0 amide bonds. The highest BCUT2D eigenvalue weighted by molar-refractivity contribution is 7.60. The third kappa shape index (κ3) is 24.7. The van der Waals surface area contributed by atoms with Crippen LogP contribution in [0, 0.1) is 0 Å². The fourth-order valence-electron chi connectivity index (χ4n) is 1.99. The number of hydrogen-bond donors (Lipinski definition) is 2. The summed E-state index contributed by atoms with van der Waals surface area (Å²) in [6.07, 6.45) is 4.18. The molecule has 0 heterocycles. The van der Waals surface area contributed by atoms with Crippen LogP contribution in [0.2, 0.25) is 0 Å². The largest absolute Gasteiger partial charge is 0.481 e. The van der Waals surface area contributed by atoms with Crippen LogP contribution in [0.25, 0.3) is 0 Å². The van der Waals surface area contributed by atoms with E-state index in [2.05, 4.69) is 48.5 Å². The first kappa shape index (κ1) is 25.3. The van der Waals surface area contributed by atoms with Gasteiger partial charge in [0, 0.05) is 13.8 Å². The van der Waals surface area contributed by atoms with E-state index < -0.39 is 11.9 Å². The maximum absolute atomic E-state index is 9.00. The van der Waals surface area contributed by atoms with Crippen LogP contribution < -0.4 is 0 Å². The minimum atomic E-state index is -0.833. The van der Waals surface area contributed by atoms with Crippen LogP contribution in [0.15, 0.2) is 0 Å². The van der Waals surface area contributed by atoms with Crippen LogP contribution in [-0.4, -0.2) is 38.6 Å². The SMILES string of the molecule is CC(=O)O.CC(=O)O.CCCCP(C(C)(C)C)C(C)(C)C. The molecule has 21 heavy (non-hydrogen) atoms. The van der Waals surface area contributed by atoms with Crippen LogP contribution in [0.1, 0.15) is 75.2 Å². The molecule has 0 saturated heterocycles. The van der Waals surface area contributed by atoms with Crippen molar-refractivity contribution in [1.82, 2.24) is 0 Å². The third-order valence-corrected chi connectivity index (χ3v) is 6.36. The maximum Gasteiger partial charge on any atom is 0.300 e. The van der Waals surface area contributed by atoms with E-state index in [1.54, 1.807) is 0 Å². The van der Waals surface area contributed by atoms with E-state index in [1.807, 2.05) is 0 Å². The van der Waals surface area contributed by atoms with E-state index in [4.69, 9.17) is 19.8 Å². The van der Waals surface area contributed by atoms with Gasteiger partial charge in [0.15, 0.2) is 0 Å². The molecule has 0 aliphatic rings. The minimum Gasteiger partial charge on any atom is -0.481 e. The number of rotatable bonds is 3. The predicted molar refractivity (Wildman–Crippen MR) is 92.8 cm³/mol. The second-order valence-corrected chi connectivity index (χ2v) is 10.9. The summed E-state index contributed by atoms with van der Waals surface area (Å²) in [4.78, 5) is 18.0. The van der Waals surface area contributed by atoms with Crippen molar-refractivity contribution in [2.24, 2.45) is 0 Å². The second kappa shape index (κ2) is 12.0. The summed E-state index contributed by atoms with van der Waals surface area (Å²) in [5.41, 5.74) is 0. The summed E-state index contributed by atoms with van der Waals surface area (Å²) in [5, 5.41) is 15.9. The molecule has 0 spiro atoms. The summed E-state index contributed by atoms with van der Waals surface area (Å²) < 4.78 is 0. The number of carbonyl (C=O) groups is 2. The topological polar surface area (TPSA) is 74.6 Å². The lowest BCUT2D eigenvalue weighted by Gasteiger charge is -2.41. The molecule has 5 heteroatoms. The molecule has 128 valence electrons. The van der Waals surface area contributed by atoms with E-state index in [0.29, 0.717) is 10.3 Å². The van der Waals surface area contributed by atoms with Crippen LogP contribution in [0.4, 0.5) is 0 Å². The van der Waals surface area contributed by atoms with E-state index in [-0.39, 0.29) is 7.92 Å². The van der Waals surface area contributed by atoms with Gasteiger partial charge in [0.1, 0.15) is 0 Å². The van der Waals surface area contributed by atoms with Gasteiger partial charge in [0.25, 0.3) is 11.9 Å². The van der Waals surface area contributed by atoms with Gasteiger partial charge in [-0.15, -0.1) is 0 Å². The minimum absolute atomic E-state index is 0.151. The molecule has 0 atom stereocenters. The monoisotopic (exact) mass is 322 g/mol. The van der Waals surface area contributed by atoms with Crippen LogP contribution in [0.3, 0.4) is 0 Å². The van der Waals surface area contributed by atoms with Gasteiger partial charge in [0.05, 0.1) is 0 Å². The average molecular weight is 322 g/mol. The van der Waals surface area contributed by atoms with Crippen molar-refractivity contribution in [2.75, 3.05) is 6.16 Å². The van der Waals surface area contributed by atoms with Crippen molar-refractivity contribution in [3.63, 3.8) is 0 Å². The number of carboxylic acid groups (broad SMARTS) is 2. The zero-order chi connectivity index (χ0) is 17.9. The summed E-state index contributed by atoms with van der Waals surface area (Å²) in [6.45, 7) is 18.9. The van der Waals surface area contributed by atoms with Gasteiger partial charge in [-0.25, -0.2) is 0 Å².